The second kappa shape index (κ2) is 6.24. The largest absolute Gasteiger partial charge is 0.459 e. The first-order valence-corrected chi connectivity index (χ1v) is 5.19. The molecule has 4 nitrogen and oxygen atoms in total. The maximum Gasteiger partial charge on any atom is 0.287 e. The van der Waals surface area contributed by atoms with E-state index in [1.807, 2.05) is 6.92 Å². The van der Waals surface area contributed by atoms with E-state index in [1.165, 1.54) is 6.26 Å². The minimum Gasteiger partial charge on any atom is -0.459 e. The SMILES string of the molecule is Cc1ccoc1C(=O)NCCCCCO. The molecule has 84 valence electrons. The zero-order valence-corrected chi connectivity index (χ0v) is 8.95. The standard InChI is InChI=1S/C11H17NO3/c1-9-5-8-15-10(9)11(14)12-6-3-2-4-7-13/h5,8,13H,2-4,6-7H2,1H3,(H,12,14). The van der Waals surface area contributed by atoms with Crippen molar-refractivity contribution >= 4 is 5.91 Å². The molecule has 0 aliphatic heterocycles. The zero-order chi connectivity index (χ0) is 11.1. The van der Waals surface area contributed by atoms with Crippen molar-refractivity contribution in [2.75, 3.05) is 13.2 Å². The Morgan fingerprint density at radius 2 is 2.27 bits per heavy atom. The second-order valence-corrected chi connectivity index (χ2v) is 3.47. The van der Waals surface area contributed by atoms with Gasteiger partial charge in [-0.25, -0.2) is 0 Å². The molecule has 0 bridgehead atoms. The molecule has 1 amide bonds. The summed E-state index contributed by atoms with van der Waals surface area (Å²) in [5.41, 5.74) is 0.850. The van der Waals surface area contributed by atoms with Crippen LogP contribution < -0.4 is 5.32 Å². The van der Waals surface area contributed by atoms with Crippen molar-refractivity contribution in [3.8, 4) is 0 Å². The van der Waals surface area contributed by atoms with Crippen LogP contribution in [-0.2, 0) is 0 Å². The lowest BCUT2D eigenvalue weighted by Crippen LogP contribution is -2.24. The third kappa shape index (κ3) is 3.75. The Bertz CT molecular complexity index is 307. The molecule has 15 heavy (non-hydrogen) atoms. The summed E-state index contributed by atoms with van der Waals surface area (Å²) in [6.07, 6.45) is 4.10. The van der Waals surface area contributed by atoms with E-state index < -0.39 is 0 Å². The van der Waals surface area contributed by atoms with Gasteiger partial charge in [-0.1, -0.05) is 0 Å². The predicted molar refractivity (Wildman–Crippen MR) is 56.7 cm³/mol. The highest BCUT2D eigenvalue weighted by Crippen LogP contribution is 2.08. The first-order valence-electron chi connectivity index (χ1n) is 5.19. The monoisotopic (exact) mass is 211 g/mol. The number of rotatable bonds is 6. The summed E-state index contributed by atoms with van der Waals surface area (Å²) in [5, 5.41) is 11.3. The van der Waals surface area contributed by atoms with Crippen molar-refractivity contribution in [2.45, 2.75) is 26.2 Å². The number of hydrogen-bond acceptors (Lipinski definition) is 3. The fourth-order valence-electron chi connectivity index (χ4n) is 1.30. The van der Waals surface area contributed by atoms with Crippen LogP contribution in [0, 0.1) is 6.92 Å². The molecule has 0 saturated carbocycles. The molecule has 1 aromatic rings. The fraction of sp³-hybridized carbons (Fsp3) is 0.545. The van der Waals surface area contributed by atoms with Gasteiger partial charge < -0.3 is 14.8 Å². The van der Waals surface area contributed by atoms with E-state index in [-0.39, 0.29) is 12.5 Å². The third-order valence-electron chi connectivity index (χ3n) is 2.19. The van der Waals surface area contributed by atoms with E-state index in [2.05, 4.69) is 5.32 Å². The average Bonchev–Trinajstić information content (AvgIpc) is 2.64. The van der Waals surface area contributed by atoms with Crippen molar-refractivity contribution in [3.63, 3.8) is 0 Å². The van der Waals surface area contributed by atoms with Gasteiger partial charge in [0.25, 0.3) is 5.91 Å². The molecule has 0 aliphatic rings. The Balaban J connectivity index is 2.22. The van der Waals surface area contributed by atoms with Crippen molar-refractivity contribution in [1.82, 2.24) is 5.32 Å². The van der Waals surface area contributed by atoms with Gasteiger partial charge in [0.15, 0.2) is 5.76 Å². The van der Waals surface area contributed by atoms with Crippen LogP contribution in [0.4, 0.5) is 0 Å². The van der Waals surface area contributed by atoms with Gasteiger partial charge in [-0.3, -0.25) is 4.79 Å². The van der Waals surface area contributed by atoms with Gasteiger partial charge >= 0.3 is 0 Å². The van der Waals surface area contributed by atoms with E-state index in [0.717, 1.165) is 24.8 Å². The Morgan fingerprint density at radius 1 is 1.47 bits per heavy atom. The van der Waals surface area contributed by atoms with Gasteiger partial charge in [0, 0.05) is 18.7 Å². The van der Waals surface area contributed by atoms with E-state index in [4.69, 9.17) is 9.52 Å². The van der Waals surface area contributed by atoms with Gasteiger partial charge in [-0.2, -0.15) is 0 Å². The second-order valence-electron chi connectivity index (χ2n) is 3.47. The van der Waals surface area contributed by atoms with Gasteiger partial charge in [-0.15, -0.1) is 0 Å². The first-order chi connectivity index (χ1) is 7.25. The lowest BCUT2D eigenvalue weighted by Gasteiger charge is -2.03. The van der Waals surface area contributed by atoms with Crippen molar-refractivity contribution < 1.29 is 14.3 Å². The lowest BCUT2D eigenvalue weighted by molar-refractivity contribution is 0.0924. The number of furan rings is 1. The van der Waals surface area contributed by atoms with Gasteiger partial charge in [0.1, 0.15) is 0 Å². The van der Waals surface area contributed by atoms with E-state index in [9.17, 15) is 4.79 Å². The Kier molecular flexibility index (Phi) is 4.90. The average molecular weight is 211 g/mol. The lowest BCUT2D eigenvalue weighted by atomic mass is 10.2. The third-order valence-corrected chi connectivity index (χ3v) is 2.19. The molecule has 0 saturated heterocycles. The zero-order valence-electron chi connectivity index (χ0n) is 8.95. The summed E-state index contributed by atoms with van der Waals surface area (Å²) in [6.45, 7) is 2.67. The van der Waals surface area contributed by atoms with Crippen LogP contribution in [0.25, 0.3) is 0 Å². The summed E-state index contributed by atoms with van der Waals surface area (Å²) >= 11 is 0. The highest BCUT2D eigenvalue weighted by Gasteiger charge is 2.10. The fourth-order valence-corrected chi connectivity index (χ4v) is 1.30. The molecule has 1 aromatic heterocycles. The van der Waals surface area contributed by atoms with Crippen LogP contribution in [0.5, 0.6) is 0 Å². The highest BCUT2D eigenvalue weighted by atomic mass is 16.3. The molecule has 2 N–H and O–H groups in total. The molecule has 0 unspecified atom stereocenters. The number of aliphatic hydroxyl groups excluding tert-OH is 1. The Morgan fingerprint density at radius 3 is 2.87 bits per heavy atom. The molecule has 0 aromatic carbocycles. The van der Waals surface area contributed by atoms with Crippen molar-refractivity contribution in [2.24, 2.45) is 0 Å². The summed E-state index contributed by atoms with van der Waals surface area (Å²) in [5.74, 6) is 0.221. The maximum absolute atomic E-state index is 11.5. The molecule has 4 heteroatoms. The van der Waals surface area contributed by atoms with Crippen molar-refractivity contribution in [3.05, 3.63) is 23.7 Å². The minimum atomic E-state index is -0.165. The first kappa shape index (κ1) is 11.8. The molecule has 0 fully saturated rings. The van der Waals surface area contributed by atoms with E-state index >= 15 is 0 Å². The summed E-state index contributed by atoms with van der Waals surface area (Å²) < 4.78 is 5.05. The minimum absolute atomic E-state index is 0.165. The predicted octanol–water partition coefficient (Wildman–Crippen LogP) is 1.48. The molecule has 0 spiro atoms. The summed E-state index contributed by atoms with van der Waals surface area (Å²) in [4.78, 5) is 11.5. The van der Waals surface area contributed by atoms with Crippen LogP contribution in [0.15, 0.2) is 16.7 Å². The van der Waals surface area contributed by atoms with Crippen LogP contribution >= 0.6 is 0 Å². The van der Waals surface area contributed by atoms with E-state index in [1.54, 1.807) is 6.07 Å². The van der Waals surface area contributed by atoms with Crippen LogP contribution in [0.1, 0.15) is 35.4 Å². The number of aryl methyl sites for hydroxylation is 1. The number of nitrogens with one attached hydrogen (secondary N) is 1. The quantitative estimate of drug-likeness (QED) is 0.700. The number of hydrogen-bond donors (Lipinski definition) is 2. The molecule has 1 heterocycles. The normalized spacial score (nSPS) is 10.3. The topological polar surface area (TPSA) is 62.5 Å². The number of amides is 1. The molecule has 0 aliphatic carbocycles. The van der Waals surface area contributed by atoms with E-state index in [0.29, 0.717) is 12.3 Å². The molecular weight excluding hydrogens is 194 g/mol. The number of aliphatic hydroxyl groups is 1. The molecule has 1 rings (SSSR count). The molecular formula is C11H17NO3. The van der Waals surface area contributed by atoms with Crippen LogP contribution in [0.2, 0.25) is 0 Å². The molecule has 0 atom stereocenters. The smallest absolute Gasteiger partial charge is 0.287 e. The van der Waals surface area contributed by atoms with Crippen LogP contribution in [-0.4, -0.2) is 24.2 Å². The molecule has 0 radical (unpaired) electrons. The Hall–Kier alpha value is -1.29. The maximum atomic E-state index is 11.5. The summed E-state index contributed by atoms with van der Waals surface area (Å²) in [6, 6.07) is 1.76. The van der Waals surface area contributed by atoms with Crippen LogP contribution in [0.3, 0.4) is 0 Å². The number of carbonyl (C=O) groups is 1. The number of carbonyl (C=O) groups excluding carboxylic acids is 1. The van der Waals surface area contributed by atoms with Gasteiger partial charge in [0.05, 0.1) is 6.26 Å². The Labute approximate surface area is 89.3 Å². The van der Waals surface area contributed by atoms with Gasteiger partial charge in [0.2, 0.25) is 0 Å². The van der Waals surface area contributed by atoms with Gasteiger partial charge in [-0.05, 0) is 32.3 Å². The highest BCUT2D eigenvalue weighted by molar-refractivity contribution is 5.92. The van der Waals surface area contributed by atoms with Crippen molar-refractivity contribution in [1.29, 1.82) is 0 Å². The summed E-state index contributed by atoms with van der Waals surface area (Å²) in [7, 11) is 0. The number of unbranched alkanes of at least 4 members (excludes halogenated alkanes) is 2.